The van der Waals surface area contributed by atoms with E-state index in [4.69, 9.17) is 19.7 Å². The van der Waals surface area contributed by atoms with Gasteiger partial charge in [0.05, 0.1) is 12.4 Å². The molecule has 0 spiro atoms. The third kappa shape index (κ3) is 6.27. The number of imidazole rings is 1. The number of aromatic nitrogens is 4. The number of carbonyl (C=O) groups is 1. The molecule has 1 aliphatic rings. The highest BCUT2D eigenvalue weighted by atomic mass is 31.1. The maximum atomic E-state index is 15.5. The third-order valence-corrected chi connectivity index (χ3v) is 6.74. The number of ether oxygens (including phenoxy) is 2. The van der Waals surface area contributed by atoms with Gasteiger partial charge in [-0.2, -0.15) is 9.97 Å². The molecule has 0 bridgehead atoms. The molecule has 0 saturated carbocycles. The van der Waals surface area contributed by atoms with Gasteiger partial charge >= 0.3 is 5.97 Å². The predicted molar refractivity (Wildman–Crippen MR) is 130 cm³/mol. The van der Waals surface area contributed by atoms with Gasteiger partial charge in [-0.15, -0.1) is 0 Å². The topological polar surface area (TPSA) is 147 Å². The van der Waals surface area contributed by atoms with Crippen molar-refractivity contribution in [1.82, 2.24) is 24.6 Å². The van der Waals surface area contributed by atoms with E-state index in [0.717, 1.165) is 0 Å². The number of hydrogen-bond acceptors (Lipinski definition) is 10. The maximum Gasteiger partial charge on any atom is 0.323 e. The number of fused-ring (bicyclic) bond motifs is 1. The molecule has 3 heterocycles. The van der Waals surface area contributed by atoms with E-state index >= 15 is 4.39 Å². The Morgan fingerprint density at radius 3 is 2.71 bits per heavy atom. The lowest BCUT2D eigenvalue weighted by Crippen LogP contribution is -2.34. The number of hydrogen-bond donors (Lipinski definition) is 2. The number of nitrogens with one attached hydrogen (secondary N) is 1. The largest absolute Gasteiger partial charge is 0.462 e. The minimum atomic E-state index is -2.92. The average molecular weight is 516 g/mol. The SMILES string of the molecule is CCN(CC)c1nc(N)nc2c1ncn2[C@@H]1O[C@](F)(CO[PH](=O)N[C@@H](C)C(=O)OC(C)C)C[C@@H]1C. The van der Waals surface area contributed by atoms with E-state index in [1.807, 2.05) is 25.7 Å². The molecule has 12 nitrogen and oxygen atoms in total. The first-order valence-electron chi connectivity index (χ1n) is 11.7. The predicted octanol–water partition coefficient (Wildman–Crippen LogP) is 2.81. The summed E-state index contributed by atoms with van der Waals surface area (Å²) in [5.74, 6) is -2.35. The first-order chi connectivity index (χ1) is 16.5. The summed E-state index contributed by atoms with van der Waals surface area (Å²) >= 11 is 0. The molecule has 1 unspecified atom stereocenters. The first-order valence-corrected chi connectivity index (χ1v) is 13.0. The van der Waals surface area contributed by atoms with Crippen LogP contribution in [0.4, 0.5) is 16.2 Å². The zero-order valence-electron chi connectivity index (χ0n) is 20.9. The van der Waals surface area contributed by atoms with Crippen LogP contribution in [-0.4, -0.2) is 63.2 Å². The second-order valence-electron chi connectivity index (χ2n) is 8.90. The summed E-state index contributed by atoms with van der Waals surface area (Å²) in [6.07, 6.45) is 0.493. The summed E-state index contributed by atoms with van der Waals surface area (Å²) < 4.78 is 45.4. The molecular formula is C21H35FN7O5P. The lowest BCUT2D eigenvalue weighted by atomic mass is 10.1. The number of carbonyl (C=O) groups excluding carboxylic acids is 1. The number of alkyl halides is 1. The van der Waals surface area contributed by atoms with Gasteiger partial charge in [0.15, 0.2) is 17.0 Å². The average Bonchev–Trinajstić information content (AvgIpc) is 3.32. The highest BCUT2D eigenvalue weighted by Gasteiger charge is 2.47. The Bertz CT molecular complexity index is 1070. The van der Waals surface area contributed by atoms with Crippen molar-refractivity contribution in [3.63, 3.8) is 0 Å². The summed E-state index contributed by atoms with van der Waals surface area (Å²) in [4.78, 5) is 27.0. The summed E-state index contributed by atoms with van der Waals surface area (Å²) in [5, 5.41) is 2.51. The maximum absolute atomic E-state index is 15.5. The highest BCUT2D eigenvalue weighted by Crippen LogP contribution is 2.44. The number of nitrogens with zero attached hydrogens (tertiary/aromatic N) is 5. The van der Waals surface area contributed by atoms with E-state index < -0.39 is 38.9 Å². The van der Waals surface area contributed by atoms with Crippen LogP contribution in [0.15, 0.2) is 6.33 Å². The Morgan fingerprint density at radius 1 is 1.40 bits per heavy atom. The molecule has 196 valence electrons. The lowest BCUT2D eigenvalue weighted by Gasteiger charge is -2.22. The molecule has 0 aliphatic carbocycles. The number of nitrogens with two attached hydrogens (primary N) is 1. The van der Waals surface area contributed by atoms with Gasteiger partial charge in [-0.3, -0.25) is 13.9 Å². The highest BCUT2D eigenvalue weighted by molar-refractivity contribution is 7.36. The third-order valence-electron chi connectivity index (χ3n) is 5.66. The molecule has 2 aromatic heterocycles. The zero-order valence-corrected chi connectivity index (χ0v) is 21.9. The van der Waals surface area contributed by atoms with Crippen molar-refractivity contribution in [1.29, 1.82) is 0 Å². The van der Waals surface area contributed by atoms with Gasteiger partial charge in [-0.1, -0.05) is 6.92 Å². The van der Waals surface area contributed by atoms with Crippen molar-refractivity contribution in [2.75, 3.05) is 30.3 Å². The van der Waals surface area contributed by atoms with Crippen molar-refractivity contribution < 1.29 is 27.7 Å². The summed E-state index contributed by atoms with van der Waals surface area (Å²) in [7, 11) is -2.92. The van der Waals surface area contributed by atoms with Crippen LogP contribution in [0.1, 0.15) is 54.2 Å². The fourth-order valence-electron chi connectivity index (χ4n) is 4.02. The Hall–Kier alpha value is -2.34. The fourth-order valence-corrected chi connectivity index (χ4v) is 4.92. The number of nitrogen functional groups attached to an aromatic ring is 1. The molecular weight excluding hydrogens is 480 g/mol. The molecule has 3 rings (SSSR count). The minimum absolute atomic E-state index is 0.000892. The molecule has 1 saturated heterocycles. The normalized spacial score (nSPS) is 24.1. The van der Waals surface area contributed by atoms with E-state index in [9.17, 15) is 9.36 Å². The van der Waals surface area contributed by atoms with Crippen LogP contribution in [0.25, 0.3) is 11.2 Å². The van der Waals surface area contributed by atoms with E-state index in [1.54, 1.807) is 18.4 Å². The number of esters is 1. The molecule has 1 fully saturated rings. The minimum Gasteiger partial charge on any atom is -0.462 e. The molecule has 1 aliphatic heterocycles. The van der Waals surface area contributed by atoms with Crippen LogP contribution in [-0.2, 0) is 23.4 Å². The van der Waals surface area contributed by atoms with Crippen LogP contribution in [0.3, 0.4) is 0 Å². The quantitative estimate of drug-likeness (QED) is 0.336. The van der Waals surface area contributed by atoms with Crippen LogP contribution < -0.4 is 15.7 Å². The van der Waals surface area contributed by atoms with Gasteiger partial charge < -0.3 is 24.6 Å². The van der Waals surface area contributed by atoms with Crippen LogP contribution in [0.2, 0.25) is 0 Å². The molecule has 35 heavy (non-hydrogen) atoms. The second kappa shape index (κ2) is 11.2. The molecule has 0 radical (unpaired) electrons. The Balaban J connectivity index is 1.71. The van der Waals surface area contributed by atoms with E-state index in [0.29, 0.717) is 30.1 Å². The summed E-state index contributed by atoms with van der Waals surface area (Å²) in [6, 6.07) is -0.863. The van der Waals surface area contributed by atoms with E-state index in [1.165, 1.54) is 13.3 Å². The smallest absolute Gasteiger partial charge is 0.323 e. The Kier molecular flexibility index (Phi) is 8.68. The lowest BCUT2D eigenvalue weighted by molar-refractivity contribution is -0.172. The molecule has 5 atom stereocenters. The number of anilines is 2. The zero-order chi connectivity index (χ0) is 25.9. The van der Waals surface area contributed by atoms with Crippen molar-refractivity contribution in [2.45, 2.75) is 72.2 Å². The van der Waals surface area contributed by atoms with Crippen LogP contribution in [0, 0.1) is 5.92 Å². The number of halogens is 1. The monoisotopic (exact) mass is 515 g/mol. The van der Waals surface area contributed by atoms with Crippen molar-refractivity contribution in [3.8, 4) is 0 Å². The van der Waals surface area contributed by atoms with Gasteiger partial charge in [0.25, 0.3) is 8.18 Å². The van der Waals surface area contributed by atoms with Crippen LogP contribution >= 0.6 is 8.18 Å². The van der Waals surface area contributed by atoms with Crippen molar-refractivity contribution in [2.24, 2.45) is 5.92 Å². The molecule has 0 amide bonds. The summed E-state index contributed by atoms with van der Waals surface area (Å²) in [6.45, 7) is 11.6. The van der Waals surface area contributed by atoms with Gasteiger partial charge in [-0.25, -0.2) is 14.5 Å². The standard InChI is InChI=1S/C21H35FN7O5P/c1-7-28(8-2)16-15-17(26-20(23)25-16)29(11-24-15)18-13(5)9-21(22,34-18)10-32-35(31)27-14(6)19(30)33-12(3)4/h11-14,18,35H,7-10H2,1-6H3,(H,27,31)(H2,23,25,26)/t13-,14-,18+,21-/m0/s1. The van der Waals surface area contributed by atoms with Crippen LogP contribution in [0.5, 0.6) is 0 Å². The van der Waals surface area contributed by atoms with E-state index in [2.05, 4.69) is 20.0 Å². The van der Waals surface area contributed by atoms with Gasteiger partial charge in [-0.05, 0) is 34.6 Å². The van der Waals surface area contributed by atoms with Gasteiger partial charge in [0.2, 0.25) is 11.8 Å². The molecule has 0 aromatic carbocycles. The van der Waals surface area contributed by atoms with Crippen molar-refractivity contribution >= 4 is 37.1 Å². The first kappa shape index (κ1) is 27.3. The van der Waals surface area contributed by atoms with E-state index in [-0.39, 0.29) is 24.4 Å². The fraction of sp³-hybridized carbons (Fsp3) is 0.714. The van der Waals surface area contributed by atoms with Gasteiger partial charge in [0, 0.05) is 25.4 Å². The number of rotatable bonds is 11. The van der Waals surface area contributed by atoms with Gasteiger partial charge in [0.1, 0.15) is 18.9 Å². The second-order valence-corrected chi connectivity index (χ2v) is 10.1. The van der Waals surface area contributed by atoms with Crippen molar-refractivity contribution in [3.05, 3.63) is 6.33 Å². The Morgan fingerprint density at radius 2 is 2.09 bits per heavy atom. The Labute approximate surface area is 204 Å². The summed E-state index contributed by atoms with van der Waals surface area (Å²) in [5.41, 5.74) is 6.94. The molecule has 2 aromatic rings. The molecule has 14 heteroatoms. The molecule has 3 N–H and O–H groups in total.